The first-order chi connectivity index (χ1) is 5.38. The van der Waals surface area contributed by atoms with Crippen LogP contribution in [-0.4, -0.2) is 0 Å². The van der Waals surface area contributed by atoms with E-state index in [2.05, 4.69) is 27.4 Å². The maximum Gasteiger partial charge on any atom is -0.00495 e. The van der Waals surface area contributed by atoms with Crippen molar-refractivity contribution in [1.29, 1.82) is 0 Å². The van der Waals surface area contributed by atoms with E-state index in [1.54, 1.807) is 0 Å². The van der Waals surface area contributed by atoms with Gasteiger partial charge in [0.2, 0.25) is 0 Å². The fourth-order valence-corrected chi connectivity index (χ4v) is 1.50. The van der Waals surface area contributed by atoms with Gasteiger partial charge in [0.1, 0.15) is 0 Å². The second-order valence-electron chi connectivity index (χ2n) is 2.50. The van der Waals surface area contributed by atoms with E-state index in [0.717, 1.165) is 5.30 Å². The lowest BCUT2D eigenvalue weighted by Crippen LogP contribution is -1.90. The van der Waals surface area contributed by atoms with E-state index in [1.165, 1.54) is 10.8 Å². The third-order valence-corrected chi connectivity index (χ3v) is 2.16. The maximum absolute atomic E-state index is 4.35. The summed E-state index contributed by atoms with van der Waals surface area (Å²) in [6.07, 6.45) is 0. The van der Waals surface area contributed by atoms with Crippen LogP contribution in [0.1, 0.15) is 0 Å². The Kier molecular flexibility index (Phi) is 1.63. The van der Waals surface area contributed by atoms with Crippen LogP contribution < -0.4 is 5.30 Å². The number of fused-ring (bicyclic) bond motifs is 1. The number of hydrogen-bond donors (Lipinski definition) is 0. The van der Waals surface area contributed by atoms with E-state index < -0.39 is 0 Å². The number of hydrogen-bond acceptors (Lipinski definition) is 0. The Labute approximate surface area is 68.4 Å². The first-order valence-electron chi connectivity index (χ1n) is 3.54. The van der Waals surface area contributed by atoms with Crippen LogP contribution in [0.5, 0.6) is 0 Å². The van der Waals surface area contributed by atoms with Gasteiger partial charge in [-0.1, -0.05) is 42.5 Å². The third-order valence-electron chi connectivity index (χ3n) is 1.77. The third kappa shape index (κ3) is 1.15. The molecule has 0 fully saturated rings. The second kappa shape index (κ2) is 2.64. The molecule has 0 bridgehead atoms. The van der Waals surface area contributed by atoms with Gasteiger partial charge in [0.15, 0.2) is 0 Å². The van der Waals surface area contributed by atoms with Gasteiger partial charge in [0.25, 0.3) is 0 Å². The molecule has 0 saturated heterocycles. The Morgan fingerprint density at radius 1 is 0.818 bits per heavy atom. The molecule has 2 aromatic carbocycles. The normalized spacial score (nSPS) is 10.3. The summed E-state index contributed by atoms with van der Waals surface area (Å²) in [7, 11) is 4.35. The van der Waals surface area contributed by atoms with Crippen molar-refractivity contribution in [1.82, 2.24) is 0 Å². The second-order valence-corrected chi connectivity index (χ2v) is 2.98. The molecule has 0 N–H and O–H groups in total. The fourth-order valence-electron chi connectivity index (χ4n) is 1.21. The Morgan fingerprint density at radius 3 is 2.36 bits per heavy atom. The summed E-state index contributed by atoms with van der Waals surface area (Å²) in [6, 6.07) is 14.4. The minimum atomic E-state index is 1.04. The molecule has 0 atom stereocenters. The molecule has 0 aliphatic carbocycles. The van der Waals surface area contributed by atoms with Crippen LogP contribution in [0.2, 0.25) is 0 Å². The maximum atomic E-state index is 4.35. The standard InChI is InChI=1S/C10H7P/c11-10-7-3-5-8-4-1-2-6-9(8)10/h1-7H. The smallest absolute Gasteiger partial charge is 0.00495 e. The lowest BCUT2D eigenvalue weighted by Gasteiger charge is -1.97. The van der Waals surface area contributed by atoms with Gasteiger partial charge in [0, 0.05) is 0 Å². The van der Waals surface area contributed by atoms with Crippen molar-refractivity contribution in [3.63, 3.8) is 0 Å². The molecule has 0 aliphatic rings. The fraction of sp³-hybridized carbons (Fsp3) is 0. The van der Waals surface area contributed by atoms with Crippen molar-refractivity contribution in [2.75, 3.05) is 0 Å². The van der Waals surface area contributed by atoms with Crippen molar-refractivity contribution >= 4 is 25.3 Å². The zero-order chi connectivity index (χ0) is 7.68. The molecule has 0 saturated carbocycles. The van der Waals surface area contributed by atoms with Gasteiger partial charge in [-0.05, 0) is 25.3 Å². The molecule has 0 nitrogen and oxygen atoms in total. The molecule has 2 radical (unpaired) electrons. The molecule has 1 heteroatoms. The molecule has 0 unspecified atom stereocenters. The highest BCUT2D eigenvalue weighted by atomic mass is 31.0. The summed E-state index contributed by atoms with van der Waals surface area (Å²) in [6.45, 7) is 0. The molecule has 52 valence electrons. The van der Waals surface area contributed by atoms with Crippen molar-refractivity contribution in [3.05, 3.63) is 42.5 Å². The van der Waals surface area contributed by atoms with Gasteiger partial charge in [0.05, 0.1) is 0 Å². The summed E-state index contributed by atoms with van der Waals surface area (Å²) in [5.41, 5.74) is 0. The average molecular weight is 158 g/mol. The predicted octanol–water partition coefficient (Wildman–Crippen LogP) is 2.88. The highest BCUT2D eigenvalue weighted by Gasteiger charge is 1.92. The molecule has 0 spiro atoms. The van der Waals surface area contributed by atoms with Gasteiger partial charge in [-0.3, -0.25) is 0 Å². The van der Waals surface area contributed by atoms with Crippen LogP contribution in [0.15, 0.2) is 42.5 Å². The number of benzene rings is 2. The van der Waals surface area contributed by atoms with Gasteiger partial charge in [-0.2, -0.15) is 0 Å². The summed E-state index contributed by atoms with van der Waals surface area (Å²) < 4.78 is 0. The Balaban J connectivity index is 2.91. The topological polar surface area (TPSA) is 0 Å². The minimum Gasteiger partial charge on any atom is -0.0616 e. The van der Waals surface area contributed by atoms with Crippen LogP contribution in [0, 0.1) is 0 Å². The van der Waals surface area contributed by atoms with Crippen molar-refractivity contribution in [2.45, 2.75) is 0 Å². The van der Waals surface area contributed by atoms with Gasteiger partial charge < -0.3 is 0 Å². The lowest BCUT2D eigenvalue weighted by molar-refractivity contribution is 1.79. The number of rotatable bonds is 0. The molecule has 0 aromatic heterocycles. The van der Waals surface area contributed by atoms with Gasteiger partial charge in [-0.15, -0.1) is 0 Å². The summed E-state index contributed by atoms with van der Waals surface area (Å²) in [5.74, 6) is 0. The molecule has 2 aromatic rings. The molecule has 2 rings (SSSR count). The lowest BCUT2D eigenvalue weighted by atomic mass is 10.1. The Morgan fingerprint density at radius 2 is 1.55 bits per heavy atom. The van der Waals surface area contributed by atoms with Crippen molar-refractivity contribution < 1.29 is 0 Å². The van der Waals surface area contributed by atoms with Crippen LogP contribution in [0.25, 0.3) is 10.8 Å². The highest BCUT2D eigenvalue weighted by Crippen LogP contribution is 2.12. The Bertz CT molecular complexity index is 374. The van der Waals surface area contributed by atoms with E-state index >= 15 is 0 Å². The Hall–Kier alpha value is -0.870. The highest BCUT2D eigenvalue weighted by molar-refractivity contribution is 7.28. The first kappa shape index (κ1) is 6.82. The SMILES string of the molecule is [P]c1cccc2ccccc12. The van der Waals surface area contributed by atoms with Crippen LogP contribution in [0.3, 0.4) is 0 Å². The largest absolute Gasteiger partial charge is 0.0616 e. The molecular weight excluding hydrogens is 151 g/mol. The molecule has 0 aliphatic heterocycles. The first-order valence-corrected chi connectivity index (χ1v) is 3.99. The summed E-state index contributed by atoms with van der Waals surface area (Å²) in [4.78, 5) is 0. The van der Waals surface area contributed by atoms with E-state index in [4.69, 9.17) is 0 Å². The molecule has 11 heavy (non-hydrogen) atoms. The monoisotopic (exact) mass is 158 g/mol. The zero-order valence-electron chi connectivity index (χ0n) is 5.99. The molecule has 0 heterocycles. The minimum absolute atomic E-state index is 1.04. The van der Waals surface area contributed by atoms with Crippen molar-refractivity contribution in [3.8, 4) is 0 Å². The van der Waals surface area contributed by atoms with Crippen LogP contribution in [-0.2, 0) is 0 Å². The quantitative estimate of drug-likeness (QED) is 0.517. The summed E-state index contributed by atoms with van der Waals surface area (Å²) >= 11 is 0. The predicted molar refractivity (Wildman–Crippen MR) is 50.5 cm³/mol. The molecule has 0 amide bonds. The average Bonchev–Trinajstić information content (AvgIpc) is 2.06. The van der Waals surface area contributed by atoms with E-state index in [1.807, 2.05) is 24.3 Å². The van der Waals surface area contributed by atoms with Crippen LogP contribution in [0.4, 0.5) is 0 Å². The van der Waals surface area contributed by atoms with Crippen molar-refractivity contribution in [2.24, 2.45) is 0 Å². The molecular formula is C10H7P. The summed E-state index contributed by atoms with van der Waals surface area (Å²) in [5, 5.41) is 3.52. The van der Waals surface area contributed by atoms with Crippen LogP contribution >= 0.6 is 9.24 Å². The van der Waals surface area contributed by atoms with Gasteiger partial charge in [-0.25, -0.2) is 0 Å². The van der Waals surface area contributed by atoms with E-state index in [9.17, 15) is 0 Å². The van der Waals surface area contributed by atoms with E-state index in [-0.39, 0.29) is 0 Å². The zero-order valence-corrected chi connectivity index (χ0v) is 6.88. The van der Waals surface area contributed by atoms with Gasteiger partial charge >= 0.3 is 0 Å². The van der Waals surface area contributed by atoms with E-state index in [0.29, 0.717) is 0 Å².